The van der Waals surface area contributed by atoms with Crippen molar-refractivity contribution in [1.82, 2.24) is 20.0 Å². The highest BCUT2D eigenvalue weighted by molar-refractivity contribution is 6.03. The molecule has 0 atom stereocenters. The van der Waals surface area contributed by atoms with Crippen molar-refractivity contribution in [2.24, 2.45) is 5.92 Å². The van der Waals surface area contributed by atoms with Gasteiger partial charge in [-0.2, -0.15) is 0 Å². The molecule has 1 N–H and O–H groups in total. The topological polar surface area (TPSA) is 81.9 Å². The lowest BCUT2D eigenvalue weighted by Crippen LogP contribution is -2.18. The van der Waals surface area contributed by atoms with Gasteiger partial charge in [-0.25, -0.2) is 14.1 Å². The molecule has 8 heteroatoms. The van der Waals surface area contributed by atoms with Gasteiger partial charge < -0.3 is 10.1 Å². The van der Waals surface area contributed by atoms with Crippen molar-refractivity contribution in [3.63, 3.8) is 0 Å². The second-order valence-electron chi connectivity index (χ2n) is 7.53. The molecular formula is C22H24FN5O2. The molecule has 156 valence electrons. The van der Waals surface area contributed by atoms with Gasteiger partial charge in [-0.3, -0.25) is 4.79 Å². The Kier molecular flexibility index (Phi) is 6.02. The first kappa shape index (κ1) is 20.0. The minimum absolute atomic E-state index is 0.170. The highest BCUT2D eigenvalue weighted by Crippen LogP contribution is 2.27. The molecule has 0 saturated heterocycles. The predicted octanol–water partition coefficient (Wildman–Crippen LogP) is 4.32. The molecule has 0 unspecified atom stereocenters. The molecular weight excluding hydrogens is 385 g/mol. The summed E-state index contributed by atoms with van der Waals surface area (Å²) in [5, 5.41) is 10.8. The zero-order valence-corrected chi connectivity index (χ0v) is 16.8. The maximum absolute atomic E-state index is 13.2. The van der Waals surface area contributed by atoms with E-state index in [2.05, 4.69) is 20.6 Å². The Morgan fingerprint density at radius 3 is 2.73 bits per heavy atom. The first-order chi connectivity index (χ1) is 14.6. The van der Waals surface area contributed by atoms with Crippen LogP contribution in [-0.2, 0) is 0 Å². The number of halogens is 1. The van der Waals surface area contributed by atoms with Gasteiger partial charge in [0.15, 0.2) is 17.3 Å². The van der Waals surface area contributed by atoms with Crippen molar-refractivity contribution in [3.8, 4) is 11.4 Å². The second kappa shape index (κ2) is 9.02. The van der Waals surface area contributed by atoms with Crippen LogP contribution in [0.25, 0.3) is 5.69 Å². The molecule has 1 amide bonds. The van der Waals surface area contributed by atoms with Gasteiger partial charge >= 0.3 is 0 Å². The first-order valence-corrected chi connectivity index (χ1v) is 10.2. The summed E-state index contributed by atoms with van der Waals surface area (Å²) < 4.78 is 20.6. The van der Waals surface area contributed by atoms with Gasteiger partial charge in [-0.05, 0) is 62.1 Å². The molecule has 7 nitrogen and oxygen atoms in total. The summed E-state index contributed by atoms with van der Waals surface area (Å²) in [5.74, 6) is 0.668. The van der Waals surface area contributed by atoms with Crippen molar-refractivity contribution in [1.29, 1.82) is 0 Å². The molecule has 1 aliphatic rings. The van der Waals surface area contributed by atoms with Gasteiger partial charge in [-0.15, -0.1) is 5.10 Å². The van der Waals surface area contributed by atoms with E-state index in [0.717, 1.165) is 0 Å². The van der Waals surface area contributed by atoms with Crippen LogP contribution in [0.3, 0.4) is 0 Å². The van der Waals surface area contributed by atoms with Gasteiger partial charge in [0.2, 0.25) is 0 Å². The second-order valence-corrected chi connectivity index (χ2v) is 7.53. The molecule has 2 heterocycles. The van der Waals surface area contributed by atoms with Gasteiger partial charge in [0.25, 0.3) is 5.91 Å². The van der Waals surface area contributed by atoms with Crippen LogP contribution in [0.1, 0.15) is 48.3 Å². The average Bonchev–Trinajstić information content (AvgIpc) is 3.16. The van der Waals surface area contributed by atoms with E-state index in [1.165, 1.54) is 48.9 Å². The van der Waals surface area contributed by atoms with Gasteiger partial charge in [0, 0.05) is 6.20 Å². The standard InChI is InChI=1S/C22H24FN5O2/c1-15-20(26-27-28(15)18-11-9-17(23)10-12-18)22(29)25-21-19(8-5-13-24-21)30-14-16-6-3-2-4-7-16/h5,8-13,16H,2-4,6-7,14H2,1H3,(H,24,25,29). The van der Waals surface area contributed by atoms with Crippen molar-refractivity contribution in [2.75, 3.05) is 11.9 Å². The Morgan fingerprint density at radius 1 is 1.20 bits per heavy atom. The van der Waals surface area contributed by atoms with E-state index in [1.54, 1.807) is 37.4 Å². The Morgan fingerprint density at radius 2 is 1.97 bits per heavy atom. The maximum atomic E-state index is 13.2. The Bertz CT molecular complexity index is 1010. The summed E-state index contributed by atoms with van der Waals surface area (Å²) in [5.41, 5.74) is 1.33. The maximum Gasteiger partial charge on any atom is 0.279 e. The number of nitrogens with one attached hydrogen (secondary N) is 1. The summed E-state index contributed by atoms with van der Waals surface area (Å²) in [7, 11) is 0. The van der Waals surface area contributed by atoms with Crippen molar-refractivity contribution < 1.29 is 13.9 Å². The number of hydrogen-bond donors (Lipinski definition) is 1. The van der Waals surface area contributed by atoms with Crippen LogP contribution in [0.4, 0.5) is 10.2 Å². The number of nitrogens with zero attached hydrogens (tertiary/aromatic N) is 4. The Hall–Kier alpha value is -3.29. The summed E-state index contributed by atoms with van der Waals surface area (Å²) >= 11 is 0. The number of anilines is 1. The molecule has 1 saturated carbocycles. The third kappa shape index (κ3) is 4.48. The number of pyridine rings is 1. The molecule has 0 radical (unpaired) electrons. The van der Waals surface area contributed by atoms with E-state index >= 15 is 0 Å². The summed E-state index contributed by atoms with van der Waals surface area (Å²) in [6.45, 7) is 2.35. The molecule has 1 fully saturated rings. The van der Waals surface area contributed by atoms with Crippen LogP contribution in [0.2, 0.25) is 0 Å². The lowest BCUT2D eigenvalue weighted by atomic mass is 9.90. The van der Waals surface area contributed by atoms with E-state index < -0.39 is 5.91 Å². The largest absolute Gasteiger partial charge is 0.489 e. The van der Waals surface area contributed by atoms with Crippen LogP contribution < -0.4 is 10.1 Å². The molecule has 2 aromatic heterocycles. The monoisotopic (exact) mass is 409 g/mol. The quantitative estimate of drug-likeness (QED) is 0.656. The molecule has 4 rings (SSSR count). The fourth-order valence-corrected chi connectivity index (χ4v) is 3.70. The van der Waals surface area contributed by atoms with Gasteiger partial charge in [-0.1, -0.05) is 24.5 Å². The lowest BCUT2D eigenvalue weighted by molar-refractivity contribution is 0.102. The number of carbonyl (C=O) groups excluding carboxylic acids is 1. The minimum Gasteiger partial charge on any atom is -0.489 e. The zero-order valence-electron chi connectivity index (χ0n) is 16.8. The number of amides is 1. The Labute approximate surface area is 174 Å². The number of aromatic nitrogens is 4. The van der Waals surface area contributed by atoms with Crippen LogP contribution in [0.5, 0.6) is 5.75 Å². The van der Waals surface area contributed by atoms with E-state index in [1.807, 2.05) is 0 Å². The van der Waals surface area contributed by atoms with Crippen LogP contribution in [0, 0.1) is 18.7 Å². The van der Waals surface area contributed by atoms with Gasteiger partial charge in [0.05, 0.1) is 18.0 Å². The van der Waals surface area contributed by atoms with Crippen molar-refractivity contribution >= 4 is 11.7 Å². The molecule has 1 aromatic carbocycles. The van der Waals surface area contributed by atoms with Crippen molar-refractivity contribution in [3.05, 3.63) is 59.8 Å². The minimum atomic E-state index is -0.429. The fraction of sp³-hybridized carbons (Fsp3) is 0.364. The number of benzene rings is 1. The molecule has 30 heavy (non-hydrogen) atoms. The lowest BCUT2D eigenvalue weighted by Gasteiger charge is -2.22. The first-order valence-electron chi connectivity index (χ1n) is 10.2. The molecule has 0 aliphatic heterocycles. The summed E-state index contributed by atoms with van der Waals surface area (Å²) in [4.78, 5) is 17.1. The average molecular weight is 409 g/mol. The SMILES string of the molecule is Cc1c(C(=O)Nc2ncccc2OCC2CCCCC2)nnn1-c1ccc(F)cc1. The normalized spacial score (nSPS) is 14.5. The number of ether oxygens (including phenoxy) is 1. The Balaban J connectivity index is 1.47. The molecule has 0 bridgehead atoms. The third-order valence-corrected chi connectivity index (χ3v) is 5.38. The predicted molar refractivity (Wildman–Crippen MR) is 110 cm³/mol. The van der Waals surface area contributed by atoms with Crippen LogP contribution in [-0.4, -0.2) is 32.5 Å². The third-order valence-electron chi connectivity index (χ3n) is 5.38. The number of hydrogen-bond acceptors (Lipinski definition) is 5. The molecule has 1 aliphatic carbocycles. The van der Waals surface area contributed by atoms with Crippen LogP contribution in [0.15, 0.2) is 42.6 Å². The van der Waals surface area contributed by atoms with E-state index in [-0.39, 0.29) is 11.5 Å². The highest BCUT2D eigenvalue weighted by atomic mass is 19.1. The number of rotatable bonds is 6. The highest BCUT2D eigenvalue weighted by Gasteiger charge is 2.20. The molecule has 0 spiro atoms. The van der Waals surface area contributed by atoms with Crippen LogP contribution >= 0.6 is 0 Å². The number of carbonyl (C=O) groups is 1. The van der Waals surface area contributed by atoms with E-state index in [9.17, 15) is 9.18 Å². The van der Waals surface area contributed by atoms with Crippen molar-refractivity contribution in [2.45, 2.75) is 39.0 Å². The zero-order chi connectivity index (χ0) is 20.9. The van der Waals surface area contributed by atoms with E-state index in [0.29, 0.717) is 35.5 Å². The van der Waals surface area contributed by atoms with Gasteiger partial charge in [0.1, 0.15) is 5.82 Å². The smallest absolute Gasteiger partial charge is 0.279 e. The summed E-state index contributed by atoms with van der Waals surface area (Å²) in [6, 6.07) is 9.40. The molecule has 3 aromatic rings. The summed E-state index contributed by atoms with van der Waals surface area (Å²) in [6.07, 6.45) is 7.73. The fourth-order valence-electron chi connectivity index (χ4n) is 3.70. The van der Waals surface area contributed by atoms with E-state index in [4.69, 9.17) is 4.74 Å².